The summed E-state index contributed by atoms with van der Waals surface area (Å²) >= 11 is 3.23. The Balaban J connectivity index is 2.38. The first-order chi connectivity index (χ1) is 9.95. The number of amides is 2. The van der Waals surface area contributed by atoms with Crippen LogP contribution in [0.25, 0.3) is 0 Å². The Bertz CT molecular complexity index is 535. The SMILES string of the molecule is COC(=O)C(O)CNC(=O)CNC(=O)c1ccccc1Br. The summed E-state index contributed by atoms with van der Waals surface area (Å²) < 4.78 is 4.91. The van der Waals surface area contributed by atoms with Gasteiger partial charge < -0.3 is 20.5 Å². The number of hydrogen-bond acceptors (Lipinski definition) is 5. The quantitative estimate of drug-likeness (QED) is 0.612. The van der Waals surface area contributed by atoms with Crippen LogP contribution in [0.4, 0.5) is 0 Å². The van der Waals surface area contributed by atoms with Gasteiger partial charge in [0.15, 0.2) is 6.10 Å². The Hall–Kier alpha value is -1.93. The Kier molecular flexibility index (Phi) is 6.83. The number of carbonyl (C=O) groups is 3. The van der Waals surface area contributed by atoms with Gasteiger partial charge in [0.2, 0.25) is 5.91 Å². The summed E-state index contributed by atoms with van der Waals surface area (Å²) in [6, 6.07) is 6.79. The fourth-order valence-electron chi connectivity index (χ4n) is 1.39. The van der Waals surface area contributed by atoms with Gasteiger partial charge in [0, 0.05) is 4.47 Å². The van der Waals surface area contributed by atoms with Gasteiger partial charge in [0.25, 0.3) is 5.91 Å². The monoisotopic (exact) mass is 358 g/mol. The summed E-state index contributed by atoms with van der Waals surface area (Å²) in [5.74, 6) is -1.78. The highest BCUT2D eigenvalue weighted by atomic mass is 79.9. The predicted octanol–water partition coefficient (Wildman–Crippen LogP) is -0.171. The third kappa shape index (κ3) is 5.52. The lowest BCUT2D eigenvalue weighted by molar-refractivity contribution is -0.150. The van der Waals surface area contributed by atoms with E-state index >= 15 is 0 Å². The zero-order valence-corrected chi connectivity index (χ0v) is 12.8. The van der Waals surface area contributed by atoms with Gasteiger partial charge in [0.05, 0.1) is 25.8 Å². The molecule has 7 nitrogen and oxygen atoms in total. The van der Waals surface area contributed by atoms with Crippen LogP contribution in [0.1, 0.15) is 10.4 Å². The van der Waals surface area contributed by atoms with Gasteiger partial charge in [-0.05, 0) is 28.1 Å². The Labute approximate surface area is 129 Å². The molecule has 1 aromatic carbocycles. The molecule has 0 bridgehead atoms. The van der Waals surface area contributed by atoms with Crippen molar-refractivity contribution < 1.29 is 24.2 Å². The molecule has 0 aliphatic heterocycles. The summed E-state index contributed by atoms with van der Waals surface area (Å²) in [4.78, 5) is 34.2. The number of carbonyl (C=O) groups excluding carboxylic acids is 3. The molecular formula is C13H15BrN2O5. The second kappa shape index (κ2) is 8.38. The maximum absolute atomic E-state index is 11.8. The summed E-state index contributed by atoms with van der Waals surface area (Å²) in [7, 11) is 1.13. The molecule has 0 aliphatic carbocycles. The third-order valence-corrected chi connectivity index (χ3v) is 3.19. The van der Waals surface area contributed by atoms with Gasteiger partial charge in [0.1, 0.15) is 0 Å². The van der Waals surface area contributed by atoms with Gasteiger partial charge in [-0.3, -0.25) is 9.59 Å². The van der Waals surface area contributed by atoms with Crippen LogP contribution in [0.5, 0.6) is 0 Å². The van der Waals surface area contributed by atoms with Crippen molar-refractivity contribution in [1.29, 1.82) is 0 Å². The number of benzene rings is 1. The summed E-state index contributed by atoms with van der Waals surface area (Å²) in [6.07, 6.45) is -1.43. The molecule has 1 rings (SSSR count). The number of aliphatic hydroxyl groups is 1. The fourth-order valence-corrected chi connectivity index (χ4v) is 1.86. The minimum atomic E-state index is -1.43. The number of halogens is 1. The molecule has 114 valence electrons. The first kappa shape index (κ1) is 17.1. The van der Waals surface area contributed by atoms with Gasteiger partial charge in [-0.2, -0.15) is 0 Å². The molecule has 3 N–H and O–H groups in total. The molecule has 0 heterocycles. The van der Waals surface area contributed by atoms with Crippen LogP contribution in [0.2, 0.25) is 0 Å². The van der Waals surface area contributed by atoms with Crippen molar-refractivity contribution in [2.24, 2.45) is 0 Å². The van der Waals surface area contributed by atoms with E-state index in [1.165, 1.54) is 0 Å². The largest absolute Gasteiger partial charge is 0.467 e. The van der Waals surface area contributed by atoms with E-state index in [0.717, 1.165) is 7.11 Å². The maximum atomic E-state index is 11.8. The minimum Gasteiger partial charge on any atom is -0.467 e. The summed E-state index contributed by atoms with van der Waals surface area (Å²) in [5, 5.41) is 14.0. The van der Waals surface area contributed by atoms with E-state index < -0.39 is 23.9 Å². The van der Waals surface area contributed by atoms with Gasteiger partial charge in [-0.15, -0.1) is 0 Å². The molecule has 0 aliphatic rings. The second-order valence-electron chi connectivity index (χ2n) is 4.01. The molecule has 0 saturated heterocycles. The molecule has 1 aromatic rings. The molecule has 0 spiro atoms. The van der Waals surface area contributed by atoms with E-state index in [2.05, 4.69) is 31.3 Å². The van der Waals surface area contributed by atoms with Crippen molar-refractivity contribution in [2.45, 2.75) is 6.10 Å². The topological polar surface area (TPSA) is 105 Å². The Morgan fingerprint density at radius 3 is 2.57 bits per heavy atom. The highest BCUT2D eigenvalue weighted by Crippen LogP contribution is 2.15. The van der Waals surface area contributed by atoms with E-state index in [-0.39, 0.29) is 13.1 Å². The van der Waals surface area contributed by atoms with Gasteiger partial charge in [-0.25, -0.2) is 4.79 Å². The number of ether oxygens (including phenoxy) is 1. The number of methoxy groups -OCH3 is 1. The molecule has 1 unspecified atom stereocenters. The van der Waals surface area contributed by atoms with Crippen LogP contribution in [-0.2, 0) is 14.3 Å². The fraction of sp³-hybridized carbons (Fsp3) is 0.308. The second-order valence-corrected chi connectivity index (χ2v) is 4.86. The van der Waals surface area contributed by atoms with Crippen LogP contribution in [0, 0.1) is 0 Å². The molecule has 21 heavy (non-hydrogen) atoms. The minimum absolute atomic E-state index is 0.270. The van der Waals surface area contributed by atoms with Crippen molar-refractivity contribution in [1.82, 2.24) is 10.6 Å². The Morgan fingerprint density at radius 1 is 1.29 bits per heavy atom. The maximum Gasteiger partial charge on any atom is 0.336 e. The summed E-state index contributed by atoms with van der Waals surface area (Å²) in [6.45, 7) is -0.551. The lowest BCUT2D eigenvalue weighted by atomic mass is 10.2. The molecule has 0 fully saturated rings. The van der Waals surface area contributed by atoms with Crippen molar-refractivity contribution in [2.75, 3.05) is 20.2 Å². The van der Waals surface area contributed by atoms with Crippen molar-refractivity contribution >= 4 is 33.7 Å². The van der Waals surface area contributed by atoms with Crippen LogP contribution in [-0.4, -0.2) is 49.2 Å². The smallest absolute Gasteiger partial charge is 0.336 e. The highest BCUT2D eigenvalue weighted by Gasteiger charge is 2.16. The number of rotatable bonds is 6. The van der Waals surface area contributed by atoms with Crippen LogP contribution in [0.3, 0.4) is 0 Å². The number of nitrogens with one attached hydrogen (secondary N) is 2. The van der Waals surface area contributed by atoms with Crippen LogP contribution < -0.4 is 10.6 Å². The zero-order chi connectivity index (χ0) is 15.8. The first-order valence-electron chi connectivity index (χ1n) is 6.01. The van der Waals surface area contributed by atoms with Crippen molar-refractivity contribution in [3.05, 3.63) is 34.3 Å². The lowest BCUT2D eigenvalue weighted by Crippen LogP contribution is -2.42. The number of esters is 1. The molecule has 0 aromatic heterocycles. The van der Waals surface area contributed by atoms with Crippen LogP contribution in [0.15, 0.2) is 28.7 Å². The lowest BCUT2D eigenvalue weighted by Gasteiger charge is -2.10. The average molecular weight is 359 g/mol. The molecule has 1 atom stereocenters. The average Bonchev–Trinajstić information content (AvgIpc) is 2.49. The molecule has 8 heteroatoms. The highest BCUT2D eigenvalue weighted by molar-refractivity contribution is 9.10. The van der Waals surface area contributed by atoms with Crippen molar-refractivity contribution in [3.8, 4) is 0 Å². The van der Waals surface area contributed by atoms with Gasteiger partial charge >= 0.3 is 5.97 Å². The van der Waals surface area contributed by atoms with Gasteiger partial charge in [-0.1, -0.05) is 12.1 Å². The van der Waals surface area contributed by atoms with Crippen molar-refractivity contribution in [3.63, 3.8) is 0 Å². The normalized spacial score (nSPS) is 11.4. The summed E-state index contributed by atoms with van der Waals surface area (Å²) in [5.41, 5.74) is 0.403. The number of hydrogen-bond donors (Lipinski definition) is 3. The van der Waals surface area contributed by atoms with E-state index in [1.807, 2.05) is 0 Å². The van der Waals surface area contributed by atoms with E-state index in [4.69, 9.17) is 0 Å². The molecule has 2 amide bonds. The van der Waals surface area contributed by atoms with Crippen LogP contribution >= 0.6 is 15.9 Å². The van der Waals surface area contributed by atoms with E-state index in [0.29, 0.717) is 10.0 Å². The predicted molar refractivity (Wildman–Crippen MR) is 77.5 cm³/mol. The Morgan fingerprint density at radius 2 is 1.95 bits per heavy atom. The zero-order valence-electron chi connectivity index (χ0n) is 11.3. The third-order valence-electron chi connectivity index (χ3n) is 2.49. The molecule has 0 saturated carbocycles. The first-order valence-corrected chi connectivity index (χ1v) is 6.80. The van der Waals surface area contributed by atoms with E-state index in [1.54, 1.807) is 24.3 Å². The molecule has 0 radical (unpaired) electrons. The van der Waals surface area contributed by atoms with E-state index in [9.17, 15) is 19.5 Å². The molecular weight excluding hydrogens is 344 g/mol. The standard InChI is InChI=1S/C13H15BrN2O5/c1-21-13(20)10(17)6-15-11(18)7-16-12(19)8-4-2-3-5-9(8)14/h2-5,10,17H,6-7H2,1H3,(H,15,18)(H,16,19). The number of aliphatic hydroxyl groups excluding tert-OH is 1.